The minimum Gasteiger partial charge on any atom is -0.484 e. The Morgan fingerprint density at radius 3 is 2.55 bits per heavy atom. The molecular weight excluding hydrogens is 392 g/mol. The third-order valence-corrected chi connectivity index (χ3v) is 5.39. The molecule has 0 bridgehead atoms. The lowest BCUT2D eigenvalue weighted by Crippen LogP contribution is -2.49. The zero-order valence-electron chi connectivity index (χ0n) is 17.6. The van der Waals surface area contributed by atoms with Crippen LogP contribution in [0.5, 0.6) is 5.75 Å². The number of carbonyl (C=O) groups excluding carboxylic acids is 1. The first-order valence-corrected chi connectivity index (χ1v) is 10.0. The molecule has 3 rings (SSSR count). The van der Waals surface area contributed by atoms with Gasteiger partial charge in [0.25, 0.3) is 11.8 Å². The van der Waals surface area contributed by atoms with Gasteiger partial charge in [-0.15, -0.1) is 12.4 Å². The van der Waals surface area contributed by atoms with Crippen LogP contribution in [0.15, 0.2) is 28.8 Å². The number of likely N-dealkylation sites (tertiary alicyclic amines) is 1. The van der Waals surface area contributed by atoms with Crippen LogP contribution in [0.25, 0.3) is 11.5 Å². The Kier molecular flexibility index (Phi) is 8.46. The van der Waals surface area contributed by atoms with Crippen LogP contribution in [0.1, 0.15) is 45.9 Å². The second kappa shape index (κ2) is 10.6. The molecule has 2 heterocycles. The van der Waals surface area contributed by atoms with Gasteiger partial charge in [0.05, 0.1) is 0 Å². The van der Waals surface area contributed by atoms with E-state index in [1.165, 1.54) is 6.42 Å². The summed E-state index contributed by atoms with van der Waals surface area (Å²) in [6.07, 6.45) is 4.00. The first-order chi connectivity index (χ1) is 13.5. The molecule has 1 aromatic carbocycles. The number of aromatic nitrogens is 2. The maximum Gasteiger partial charge on any atom is 0.260 e. The highest BCUT2D eigenvalue weighted by atomic mass is 35.5. The number of nitrogens with one attached hydrogen (secondary N) is 1. The standard InChI is InChI=1S/C21H30N4O3.ClH/c1-14(22-4)12-19-23-21(28-24-19)17-8-10-18(11-9-17)27-13-20(26)25-15(2)6-5-7-16(25)3;/h8-11,14-16,22H,5-7,12-13H2,1-4H3;1H. The fraction of sp³-hybridized carbons (Fsp3) is 0.571. The smallest absolute Gasteiger partial charge is 0.260 e. The van der Waals surface area contributed by atoms with Gasteiger partial charge in [-0.1, -0.05) is 5.16 Å². The lowest BCUT2D eigenvalue weighted by atomic mass is 9.97. The molecule has 1 amide bonds. The van der Waals surface area contributed by atoms with Crippen molar-refractivity contribution in [2.24, 2.45) is 0 Å². The molecular formula is C21H31ClN4O3. The van der Waals surface area contributed by atoms with Crippen LogP contribution in [0.4, 0.5) is 0 Å². The predicted octanol–water partition coefficient (Wildman–Crippen LogP) is 3.48. The van der Waals surface area contributed by atoms with Crippen molar-refractivity contribution in [2.45, 2.75) is 64.6 Å². The van der Waals surface area contributed by atoms with E-state index in [2.05, 4.69) is 36.2 Å². The monoisotopic (exact) mass is 422 g/mol. The van der Waals surface area contributed by atoms with Gasteiger partial charge in [-0.2, -0.15) is 4.98 Å². The topological polar surface area (TPSA) is 80.5 Å². The van der Waals surface area contributed by atoms with E-state index in [9.17, 15) is 4.79 Å². The van der Waals surface area contributed by atoms with Crippen molar-refractivity contribution in [3.05, 3.63) is 30.1 Å². The number of ether oxygens (including phenoxy) is 1. The summed E-state index contributed by atoms with van der Waals surface area (Å²) >= 11 is 0. The Labute approximate surface area is 178 Å². The maximum absolute atomic E-state index is 12.6. The molecule has 1 aliphatic rings. The lowest BCUT2D eigenvalue weighted by molar-refractivity contribution is -0.139. The van der Waals surface area contributed by atoms with E-state index >= 15 is 0 Å². The van der Waals surface area contributed by atoms with Gasteiger partial charge in [0.15, 0.2) is 12.4 Å². The van der Waals surface area contributed by atoms with E-state index in [0.717, 1.165) is 18.4 Å². The summed E-state index contributed by atoms with van der Waals surface area (Å²) in [4.78, 5) is 19.0. The normalized spacial score (nSPS) is 20.1. The number of hydrogen-bond acceptors (Lipinski definition) is 6. The van der Waals surface area contributed by atoms with Crippen LogP contribution in [0.2, 0.25) is 0 Å². The van der Waals surface area contributed by atoms with Crippen molar-refractivity contribution in [3.63, 3.8) is 0 Å². The lowest BCUT2D eigenvalue weighted by Gasteiger charge is -2.38. The largest absolute Gasteiger partial charge is 0.484 e. The van der Waals surface area contributed by atoms with Gasteiger partial charge in [-0.3, -0.25) is 4.79 Å². The molecule has 1 fully saturated rings. The number of likely N-dealkylation sites (N-methyl/N-ethyl adjacent to an activating group) is 1. The Morgan fingerprint density at radius 2 is 1.93 bits per heavy atom. The highest BCUT2D eigenvalue weighted by Gasteiger charge is 2.28. The van der Waals surface area contributed by atoms with Gasteiger partial charge in [0, 0.05) is 30.1 Å². The molecule has 1 N–H and O–H groups in total. The number of rotatable bonds is 7. The van der Waals surface area contributed by atoms with Crippen LogP contribution < -0.4 is 10.1 Å². The molecule has 1 saturated heterocycles. The van der Waals surface area contributed by atoms with Crippen LogP contribution in [-0.2, 0) is 11.2 Å². The zero-order chi connectivity index (χ0) is 20.1. The van der Waals surface area contributed by atoms with Crippen LogP contribution in [0.3, 0.4) is 0 Å². The Balaban J connectivity index is 0.00000300. The Bertz CT molecular complexity index is 770. The fourth-order valence-electron chi connectivity index (χ4n) is 3.66. The Morgan fingerprint density at radius 1 is 1.28 bits per heavy atom. The summed E-state index contributed by atoms with van der Waals surface area (Å²) in [6.45, 7) is 6.34. The van der Waals surface area contributed by atoms with E-state index < -0.39 is 0 Å². The molecule has 7 nitrogen and oxygen atoms in total. The molecule has 0 aliphatic carbocycles. The first-order valence-electron chi connectivity index (χ1n) is 10.0. The molecule has 3 atom stereocenters. The molecule has 0 radical (unpaired) electrons. The zero-order valence-corrected chi connectivity index (χ0v) is 18.4. The molecule has 8 heteroatoms. The molecule has 160 valence electrons. The molecule has 2 aromatic rings. The van der Waals surface area contributed by atoms with E-state index in [-0.39, 0.29) is 43.0 Å². The molecule has 29 heavy (non-hydrogen) atoms. The molecule has 0 spiro atoms. The predicted molar refractivity (Wildman–Crippen MR) is 114 cm³/mol. The second-order valence-electron chi connectivity index (χ2n) is 7.65. The number of nitrogens with zero attached hydrogens (tertiary/aromatic N) is 3. The number of piperidine rings is 1. The average Bonchev–Trinajstić information content (AvgIpc) is 3.15. The molecule has 1 aromatic heterocycles. The van der Waals surface area contributed by atoms with Gasteiger partial charge in [0.2, 0.25) is 0 Å². The summed E-state index contributed by atoms with van der Waals surface area (Å²) < 4.78 is 11.1. The number of amides is 1. The summed E-state index contributed by atoms with van der Waals surface area (Å²) in [5.74, 6) is 1.85. The highest BCUT2D eigenvalue weighted by Crippen LogP contribution is 2.24. The van der Waals surface area contributed by atoms with Crippen molar-refractivity contribution in [1.29, 1.82) is 0 Å². The fourth-order valence-corrected chi connectivity index (χ4v) is 3.66. The molecule has 0 saturated carbocycles. The van der Waals surface area contributed by atoms with Crippen LogP contribution >= 0.6 is 12.4 Å². The minimum atomic E-state index is 0. The summed E-state index contributed by atoms with van der Waals surface area (Å²) in [6, 6.07) is 8.22. The first kappa shape index (κ1) is 23.2. The van der Waals surface area contributed by atoms with Crippen molar-refractivity contribution < 1.29 is 14.1 Å². The maximum atomic E-state index is 12.6. The third-order valence-electron chi connectivity index (χ3n) is 5.39. The van der Waals surface area contributed by atoms with Gasteiger partial charge in [-0.05, 0) is 71.3 Å². The van der Waals surface area contributed by atoms with Gasteiger partial charge in [-0.25, -0.2) is 0 Å². The molecule has 1 aliphatic heterocycles. The Hall–Kier alpha value is -2.12. The number of benzene rings is 1. The second-order valence-corrected chi connectivity index (χ2v) is 7.65. The van der Waals surface area contributed by atoms with E-state index in [1.807, 2.05) is 36.2 Å². The van der Waals surface area contributed by atoms with E-state index in [4.69, 9.17) is 9.26 Å². The van der Waals surface area contributed by atoms with Crippen molar-refractivity contribution in [2.75, 3.05) is 13.7 Å². The van der Waals surface area contributed by atoms with Crippen molar-refractivity contribution in [1.82, 2.24) is 20.4 Å². The number of carbonyl (C=O) groups is 1. The summed E-state index contributed by atoms with van der Waals surface area (Å²) in [7, 11) is 1.90. The average molecular weight is 423 g/mol. The van der Waals surface area contributed by atoms with Gasteiger partial charge < -0.3 is 19.5 Å². The minimum absolute atomic E-state index is 0. The van der Waals surface area contributed by atoms with Crippen LogP contribution in [-0.4, -0.2) is 52.7 Å². The SMILES string of the molecule is CNC(C)Cc1noc(-c2ccc(OCC(=O)N3C(C)CCCC3C)cc2)n1.Cl. The van der Waals surface area contributed by atoms with Crippen molar-refractivity contribution >= 4 is 18.3 Å². The third kappa shape index (κ3) is 5.93. The number of halogens is 1. The van der Waals surface area contributed by atoms with Gasteiger partial charge >= 0.3 is 0 Å². The van der Waals surface area contributed by atoms with E-state index in [0.29, 0.717) is 23.9 Å². The van der Waals surface area contributed by atoms with Gasteiger partial charge in [0.1, 0.15) is 5.75 Å². The highest BCUT2D eigenvalue weighted by molar-refractivity contribution is 5.85. The summed E-state index contributed by atoms with van der Waals surface area (Å²) in [5.41, 5.74) is 0.827. The quantitative estimate of drug-likeness (QED) is 0.735. The van der Waals surface area contributed by atoms with Crippen molar-refractivity contribution in [3.8, 4) is 17.2 Å². The van der Waals surface area contributed by atoms with Crippen LogP contribution in [0, 0.1) is 0 Å². The number of hydrogen-bond donors (Lipinski definition) is 1. The van der Waals surface area contributed by atoms with E-state index in [1.54, 1.807) is 0 Å². The molecule has 3 unspecified atom stereocenters. The summed E-state index contributed by atoms with van der Waals surface area (Å²) in [5, 5.41) is 7.17.